The Hall–Kier alpha value is -0.0400. The maximum absolute atomic E-state index is 5.70. The molecule has 1 heteroatoms. The first-order valence-electron chi connectivity index (χ1n) is 6.84. The van der Waals surface area contributed by atoms with E-state index in [9.17, 15) is 0 Å². The van der Waals surface area contributed by atoms with E-state index in [1.54, 1.807) is 0 Å². The van der Waals surface area contributed by atoms with E-state index in [-0.39, 0.29) is 0 Å². The van der Waals surface area contributed by atoms with Gasteiger partial charge >= 0.3 is 0 Å². The molecule has 0 heterocycles. The summed E-state index contributed by atoms with van der Waals surface area (Å²) in [6.45, 7) is 3.15. The van der Waals surface area contributed by atoms with E-state index in [4.69, 9.17) is 5.73 Å². The third-order valence-electron chi connectivity index (χ3n) is 3.66. The lowest BCUT2D eigenvalue weighted by atomic mass is 9.86. The summed E-state index contributed by atoms with van der Waals surface area (Å²) in [5.74, 6) is 1.63. The molecule has 1 rings (SSSR count). The van der Waals surface area contributed by atoms with Crippen LogP contribution in [0.5, 0.6) is 0 Å². The maximum atomic E-state index is 5.70. The van der Waals surface area contributed by atoms with Gasteiger partial charge in [-0.25, -0.2) is 0 Å². The van der Waals surface area contributed by atoms with Crippen LogP contribution in [-0.4, -0.2) is 6.54 Å². The second-order valence-electron chi connectivity index (χ2n) is 5.31. The second kappa shape index (κ2) is 8.15. The van der Waals surface area contributed by atoms with Gasteiger partial charge in [-0.1, -0.05) is 51.9 Å². The fraction of sp³-hybridized carbons (Fsp3) is 0.929. The van der Waals surface area contributed by atoms with Crippen molar-refractivity contribution in [2.45, 2.75) is 64.7 Å². The summed E-state index contributed by atoms with van der Waals surface area (Å²) in [7, 11) is 0. The molecular weight excluding hydrogens is 182 g/mol. The van der Waals surface area contributed by atoms with Crippen LogP contribution in [0.1, 0.15) is 64.7 Å². The molecule has 1 aliphatic rings. The molecule has 0 saturated heterocycles. The average Bonchev–Trinajstić information content (AvgIpc) is 2.27. The summed E-state index contributed by atoms with van der Waals surface area (Å²) in [6.07, 6.45) is 15.2. The molecule has 0 amide bonds. The van der Waals surface area contributed by atoms with Gasteiger partial charge in [0.1, 0.15) is 0 Å². The predicted molar refractivity (Wildman–Crippen MR) is 67.6 cm³/mol. The zero-order chi connectivity index (χ0) is 10.9. The highest BCUT2D eigenvalue weighted by atomic mass is 14.5. The average molecular weight is 210 g/mol. The van der Waals surface area contributed by atoms with Crippen LogP contribution < -0.4 is 5.73 Å². The van der Waals surface area contributed by atoms with Gasteiger partial charge < -0.3 is 5.73 Å². The highest BCUT2D eigenvalue weighted by Crippen LogP contribution is 2.25. The standard InChI is InChI=1S/C14H28N/c1-13(12-15)11-14-9-7-5-3-2-4-6-8-10-14/h7,13-14H,2-6,8-12,15H2,1H3. The van der Waals surface area contributed by atoms with Gasteiger partial charge in [0.2, 0.25) is 0 Å². The molecule has 0 aliphatic heterocycles. The van der Waals surface area contributed by atoms with Gasteiger partial charge in [-0.2, -0.15) is 0 Å². The van der Waals surface area contributed by atoms with Crippen molar-refractivity contribution < 1.29 is 0 Å². The van der Waals surface area contributed by atoms with Gasteiger partial charge in [0, 0.05) is 0 Å². The summed E-state index contributed by atoms with van der Waals surface area (Å²) < 4.78 is 0. The third-order valence-corrected chi connectivity index (χ3v) is 3.66. The molecule has 0 aromatic heterocycles. The van der Waals surface area contributed by atoms with Gasteiger partial charge in [0.25, 0.3) is 0 Å². The fourth-order valence-electron chi connectivity index (χ4n) is 2.60. The Morgan fingerprint density at radius 2 is 1.93 bits per heavy atom. The number of hydrogen-bond acceptors (Lipinski definition) is 1. The maximum Gasteiger partial charge on any atom is -0.00514 e. The normalized spacial score (nSPS) is 23.6. The van der Waals surface area contributed by atoms with E-state index >= 15 is 0 Å². The molecule has 1 radical (unpaired) electrons. The van der Waals surface area contributed by atoms with Crippen molar-refractivity contribution in [2.24, 2.45) is 17.6 Å². The molecule has 1 nitrogen and oxygen atoms in total. The van der Waals surface area contributed by atoms with Crippen LogP contribution in [-0.2, 0) is 0 Å². The van der Waals surface area contributed by atoms with E-state index in [2.05, 4.69) is 13.3 Å². The lowest BCUT2D eigenvalue weighted by molar-refractivity contribution is 0.348. The van der Waals surface area contributed by atoms with Crippen LogP contribution in [0, 0.1) is 18.3 Å². The van der Waals surface area contributed by atoms with Crippen LogP contribution >= 0.6 is 0 Å². The molecule has 89 valence electrons. The Kier molecular flexibility index (Phi) is 7.08. The highest BCUT2D eigenvalue weighted by molar-refractivity contribution is 4.74. The van der Waals surface area contributed by atoms with Crippen molar-refractivity contribution in [3.8, 4) is 0 Å². The first-order valence-corrected chi connectivity index (χ1v) is 6.84. The Morgan fingerprint density at radius 3 is 2.73 bits per heavy atom. The minimum atomic E-state index is 0.714. The number of nitrogens with two attached hydrogens (primary N) is 1. The Morgan fingerprint density at radius 1 is 1.20 bits per heavy atom. The van der Waals surface area contributed by atoms with Crippen molar-refractivity contribution >= 4 is 0 Å². The minimum Gasteiger partial charge on any atom is -0.330 e. The van der Waals surface area contributed by atoms with Crippen molar-refractivity contribution in [3.05, 3.63) is 6.42 Å². The quantitative estimate of drug-likeness (QED) is 0.750. The predicted octanol–water partition coefficient (Wildman–Crippen LogP) is 3.93. The highest BCUT2D eigenvalue weighted by Gasteiger charge is 2.13. The zero-order valence-corrected chi connectivity index (χ0v) is 10.4. The fourth-order valence-corrected chi connectivity index (χ4v) is 2.60. The summed E-state index contributed by atoms with van der Waals surface area (Å²) in [5, 5.41) is 0. The van der Waals surface area contributed by atoms with Crippen LogP contribution in [0.25, 0.3) is 0 Å². The lowest BCUT2D eigenvalue weighted by Crippen LogP contribution is -2.15. The first kappa shape index (κ1) is 13.0. The van der Waals surface area contributed by atoms with Crippen molar-refractivity contribution in [3.63, 3.8) is 0 Å². The monoisotopic (exact) mass is 210 g/mol. The molecule has 1 aliphatic carbocycles. The summed E-state index contributed by atoms with van der Waals surface area (Å²) in [4.78, 5) is 0. The lowest BCUT2D eigenvalue weighted by Gasteiger charge is -2.21. The molecule has 0 aromatic carbocycles. The Balaban J connectivity index is 2.25. The van der Waals surface area contributed by atoms with Crippen LogP contribution in [0.3, 0.4) is 0 Å². The molecule has 2 N–H and O–H groups in total. The van der Waals surface area contributed by atoms with E-state index in [0.717, 1.165) is 12.5 Å². The van der Waals surface area contributed by atoms with Crippen LogP contribution in [0.4, 0.5) is 0 Å². The minimum absolute atomic E-state index is 0.714. The molecule has 0 spiro atoms. The van der Waals surface area contributed by atoms with Crippen LogP contribution in [0.15, 0.2) is 0 Å². The number of hydrogen-bond donors (Lipinski definition) is 1. The molecule has 15 heavy (non-hydrogen) atoms. The van der Waals surface area contributed by atoms with E-state index in [1.807, 2.05) is 0 Å². The van der Waals surface area contributed by atoms with E-state index in [0.29, 0.717) is 5.92 Å². The van der Waals surface area contributed by atoms with E-state index < -0.39 is 0 Å². The largest absolute Gasteiger partial charge is 0.330 e. The smallest absolute Gasteiger partial charge is 0.00514 e. The van der Waals surface area contributed by atoms with Gasteiger partial charge in [-0.3, -0.25) is 0 Å². The second-order valence-corrected chi connectivity index (χ2v) is 5.31. The summed E-state index contributed by atoms with van der Waals surface area (Å²) >= 11 is 0. The van der Waals surface area contributed by atoms with Gasteiger partial charge in [-0.15, -0.1) is 0 Å². The topological polar surface area (TPSA) is 26.0 Å². The SMILES string of the molecule is CC(CN)CC1C[CH]CCCCCCC1. The van der Waals surface area contributed by atoms with Gasteiger partial charge in [0.15, 0.2) is 0 Å². The molecule has 0 aromatic rings. The van der Waals surface area contributed by atoms with E-state index in [1.165, 1.54) is 57.8 Å². The molecular formula is C14H28N. The Bertz CT molecular complexity index is 134. The van der Waals surface area contributed by atoms with Gasteiger partial charge in [-0.05, 0) is 37.6 Å². The van der Waals surface area contributed by atoms with Gasteiger partial charge in [0.05, 0.1) is 0 Å². The van der Waals surface area contributed by atoms with Crippen molar-refractivity contribution in [1.29, 1.82) is 0 Å². The number of rotatable bonds is 3. The van der Waals surface area contributed by atoms with Crippen molar-refractivity contribution in [2.75, 3.05) is 6.54 Å². The van der Waals surface area contributed by atoms with Crippen molar-refractivity contribution in [1.82, 2.24) is 0 Å². The third kappa shape index (κ3) is 6.19. The summed E-state index contributed by atoms with van der Waals surface area (Å²) in [5.41, 5.74) is 5.70. The molecule has 1 saturated carbocycles. The Labute approximate surface area is 95.8 Å². The first-order chi connectivity index (χ1) is 7.33. The zero-order valence-electron chi connectivity index (χ0n) is 10.4. The molecule has 2 atom stereocenters. The molecule has 2 unspecified atom stereocenters. The molecule has 0 bridgehead atoms. The van der Waals surface area contributed by atoms with Crippen LogP contribution in [0.2, 0.25) is 0 Å². The molecule has 1 fully saturated rings. The summed E-state index contributed by atoms with van der Waals surface area (Å²) in [6, 6.07) is 0.